The first kappa shape index (κ1) is 11.3. The van der Waals surface area contributed by atoms with Gasteiger partial charge in [-0.1, -0.05) is 12.1 Å². The fourth-order valence-corrected chi connectivity index (χ4v) is 1.43. The van der Waals surface area contributed by atoms with Crippen LogP contribution in [0.2, 0.25) is 0 Å². The van der Waals surface area contributed by atoms with E-state index in [0.29, 0.717) is 6.54 Å². The lowest BCUT2D eigenvalue weighted by Gasteiger charge is -2.03. The van der Waals surface area contributed by atoms with Gasteiger partial charge in [0, 0.05) is 18.3 Å². The monoisotopic (exact) mass is 233 g/mol. The second-order valence-electron chi connectivity index (χ2n) is 3.69. The van der Waals surface area contributed by atoms with Gasteiger partial charge in [-0.3, -0.25) is 9.89 Å². The van der Waals surface area contributed by atoms with Crippen LogP contribution in [-0.4, -0.2) is 16.1 Å². The van der Waals surface area contributed by atoms with Gasteiger partial charge in [0.05, 0.1) is 12.6 Å². The number of hydrogen-bond donors (Lipinski definition) is 2. The van der Waals surface area contributed by atoms with E-state index in [4.69, 9.17) is 0 Å². The maximum absolute atomic E-state index is 12.6. The summed E-state index contributed by atoms with van der Waals surface area (Å²) in [5, 5.41) is 9.20. The second-order valence-corrected chi connectivity index (χ2v) is 3.69. The van der Waals surface area contributed by atoms with Gasteiger partial charge < -0.3 is 5.32 Å². The second kappa shape index (κ2) is 5.25. The molecule has 0 saturated carbocycles. The lowest BCUT2D eigenvalue weighted by Crippen LogP contribution is -2.24. The maximum atomic E-state index is 12.6. The molecule has 2 aromatic rings. The van der Waals surface area contributed by atoms with Gasteiger partial charge in [-0.25, -0.2) is 4.39 Å². The van der Waals surface area contributed by atoms with Gasteiger partial charge in [-0.15, -0.1) is 0 Å². The van der Waals surface area contributed by atoms with Gasteiger partial charge in [-0.05, 0) is 17.7 Å². The summed E-state index contributed by atoms with van der Waals surface area (Å²) in [6.07, 6.45) is 3.62. The van der Waals surface area contributed by atoms with Gasteiger partial charge >= 0.3 is 0 Å². The van der Waals surface area contributed by atoms with E-state index in [1.165, 1.54) is 12.1 Å². The highest BCUT2D eigenvalue weighted by Crippen LogP contribution is 2.03. The molecule has 88 valence electrons. The molecule has 0 aliphatic rings. The van der Waals surface area contributed by atoms with E-state index in [2.05, 4.69) is 15.5 Å². The predicted molar refractivity (Wildman–Crippen MR) is 60.5 cm³/mol. The highest BCUT2D eigenvalue weighted by Gasteiger charge is 2.03. The molecular formula is C12H12FN3O. The molecule has 1 aromatic heterocycles. The summed E-state index contributed by atoms with van der Waals surface area (Å²) in [6.45, 7) is 0.441. The number of nitrogens with one attached hydrogen (secondary N) is 2. The molecule has 0 fully saturated rings. The average Bonchev–Trinajstić information content (AvgIpc) is 2.83. The molecule has 2 rings (SSSR count). The normalized spacial score (nSPS) is 10.2. The number of halogens is 1. The molecule has 0 aliphatic carbocycles. The Morgan fingerprint density at radius 3 is 2.71 bits per heavy atom. The van der Waals surface area contributed by atoms with E-state index in [-0.39, 0.29) is 18.1 Å². The lowest BCUT2D eigenvalue weighted by molar-refractivity contribution is -0.120. The molecule has 17 heavy (non-hydrogen) atoms. The van der Waals surface area contributed by atoms with Crippen LogP contribution in [0, 0.1) is 5.82 Å². The number of rotatable bonds is 4. The standard InChI is InChI=1S/C12H12FN3O/c13-11-3-1-9(2-4-11)5-12(17)14-6-10-7-15-16-8-10/h1-4,7-8H,5-6H2,(H,14,17)(H,15,16). The van der Waals surface area contributed by atoms with Crippen molar-refractivity contribution < 1.29 is 9.18 Å². The summed E-state index contributed by atoms with van der Waals surface area (Å²) in [4.78, 5) is 11.6. The fourth-order valence-electron chi connectivity index (χ4n) is 1.43. The Balaban J connectivity index is 1.83. The third-order valence-electron chi connectivity index (χ3n) is 2.32. The van der Waals surface area contributed by atoms with Crippen molar-refractivity contribution in [3.8, 4) is 0 Å². The molecule has 2 N–H and O–H groups in total. The highest BCUT2D eigenvalue weighted by molar-refractivity contribution is 5.78. The molecule has 0 unspecified atom stereocenters. The minimum absolute atomic E-state index is 0.0993. The molecule has 0 saturated heterocycles. The summed E-state index contributed by atoms with van der Waals surface area (Å²) in [5.41, 5.74) is 1.70. The van der Waals surface area contributed by atoms with Crippen LogP contribution in [0.3, 0.4) is 0 Å². The van der Waals surface area contributed by atoms with Crippen molar-refractivity contribution in [2.45, 2.75) is 13.0 Å². The zero-order valence-electron chi connectivity index (χ0n) is 9.11. The zero-order chi connectivity index (χ0) is 12.1. The van der Waals surface area contributed by atoms with E-state index < -0.39 is 0 Å². The average molecular weight is 233 g/mol. The minimum atomic E-state index is -0.299. The molecule has 0 atom stereocenters. The SMILES string of the molecule is O=C(Cc1ccc(F)cc1)NCc1cn[nH]c1. The Morgan fingerprint density at radius 2 is 2.06 bits per heavy atom. The summed E-state index contributed by atoms with van der Waals surface area (Å²) in [6, 6.07) is 5.90. The van der Waals surface area contributed by atoms with Crippen LogP contribution < -0.4 is 5.32 Å². The molecule has 1 amide bonds. The molecule has 0 aliphatic heterocycles. The Morgan fingerprint density at radius 1 is 1.29 bits per heavy atom. The molecule has 0 spiro atoms. The fraction of sp³-hybridized carbons (Fsp3) is 0.167. The number of H-pyrrole nitrogens is 1. The van der Waals surface area contributed by atoms with Crippen molar-refractivity contribution in [2.75, 3.05) is 0 Å². The van der Waals surface area contributed by atoms with Crippen molar-refractivity contribution in [1.82, 2.24) is 15.5 Å². The summed E-state index contributed by atoms with van der Waals surface area (Å²) in [5.74, 6) is -0.398. The molecule has 1 heterocycles. The van der Waals surface area contributed by atoms with Crippen LogP contribution in [0.4, 0.5) is 4.39 Å². The molecule has 0 radical (unpaired) electrons. The van der Waals surface area contributed by atoms with Gasteiger partial charge in [0.15, 0.2) is 0 Å². The third-order valence-corrected chi connectivity index (χ3v) is 2.32. The number of benzene rings is 1. The number of aromatic amines is 1. The Hall–Kier alpha value is -2.17. The summed E-state index contributed by atoms with van der Waals surface area (Å²) >= 11 is 0. The van der Waals surface area contributed by atoms with Crippen molar-refractivity contribution in [3.63, 3.8) is 0 Å². The lowest BCUT2D eigenvalue weighted by atomic mass is 10.1. The van der Waals surface area contributed by atoms with Crippen molar-refractivity contribution in [2.24, 2.45) is 0 Å². The largest absolute Gasteiger partial charge is 0.352 e. The molecule has 1 aromatic carbocycles. The van der Waals surface area contributed by atoms with Crippen molar-refractivity contribution in [3.05, 3.63) is 53.6 Å². The Kier molecular flexibility index (Phi) is 3.49. The van der Waals surface area contributed by atoms with E-state index in [9.17, 15) is 9.18 Å². The summed E-state index contributed by atoms with van der Waals surface area (Å²) < 4.78 is 12.6. The maximum Gasteiger partial charge on any atom is 0.224 e. The number of hydrogen-bond acceptors (Lipinski definition) is 2. The quantitative estimate of drug-likeness (QED) is 0.838. The van der Waals surface area contributed by atoms with Crippen LogP contribution in [0.15, 0.2) is 36.7 Å². The summed E-state index contributed by atoms with van der Waals surface area (Å²) in [7, 11) is 0. The number of carbonyl (C=O) groups is 1. The molecule has 4 nitrogen and oxygen atoms in total. The topological polar surface area (TPSA) is 57.8 Å². The number of carbonyl (C=O) groups excluding carboxylic acids is 1. The van der Waals surface area contributed by atoms with Crippen LogP contribution in [0.25, 0.3) is 0 Å². The van der Waals surface area contributed by atoms with Crippen LogP contribution in [-0.2, 0) is 17.8 Å². The van der Waals surface area contributed by atoms with E-state index in [0.717, 1.165) is 11.1 Å². The van der Waals surface area contributed by atoms with Gasteiger partial charge in [0.25, 0.3) is 0 Å². The van der Waals surface area contributed by atoms with Crippen molar-refractivity contribution >= 4 is 5.91 Å². The molecular weight excluding hydrogens is 221 g/mol. The van der Waals surface area contributed by atoms with Crippen LogP contribution in [0.5, 0.6) is 0 Å². The number of aromatic nitrogens is 2. The number of amides is 1. The first-order valence-electron chi connectivity index (χ1n) is 5.23. The van der Waals surface area contributed by atoms with Gasteiger partial charge in [0.2, 0.25) is 5.91 Å². The zero-order valence-corrected chi connectivity index (χ0v) is 9.11. The first-order chi connectivity index (χ1) is 8.24. The van der Waals surface area contributed by atoms with Crippen molar-refractivity contribution in [1.29, 1.82) is 0 Å². The smallest absolute Gasteiger partial charge is 0.224 e. The minimum Gasteiger partial charge on any atom is -0.352 e. The molecule has 5 heteroatoms. The van der Waals surface area contributed by atoms with E-state index >= 15 is 0 Å². The first-order valence-corrected chi connectivity index (χ1v) is 5.23. The van der Waals surface area contributed by atoms with Gasteiger partial charge in [0.1, 0.15) is 5.82 Å². The van der Waals surface area contributed by atoms with E-state index in [1.807, 2.05) is 0 Å². The van der Waals surface area contributed by atoms with Gasteiger partial charge in [-0.2, -0.15) is 5.10 Å². The Bertz CT molecular complexity index is 479. The van der Waals surface area contributed by atoms with Crippen LogP contribution >= 0.6 is 0 Å². The van der Waals surface area contributed by atoms with Crippen LogP contribution in [0.1, 0.15) is 11.1 Å². The predicted octanol–water partition coefficient (Wildman–Crippen LogP) is 1.41. The highest BCUT2D eigenvalue weighted by atomic mass is 19.1. The third kappa shape index (κ3) is 3.41. The van der Waals surface area contributed by atoms with E-state index in [1.54, 1.807) is 24.5 Å². The molecule has 0 bridgehead atoms. The Labute approximate surface area is 97.9 Å². The number of nitrogens with zero attached hydrogens (tertiary/aromatic N) is 1.